The van der Waals surface area contributed by atoms with E-state index in [2.05, 4.69) is 21.4 Å². The molecule has 1 saturated carbocycles. The van der Waals surface area contributed by atoms with Crippen LogP contribution < -0.4 is 5.32 Å². The summed E-state index contributed by atoms with van der Waals surface area (Å²) in [7, 11) is 0. The monoisotopic (exact) mass is 284 g/mol. The van der Waals surface area contributed by atoms with Crippen molar-refractivity contribution in [1.29, 1.82) is 5.26 Å². The Hall–Kier alpha value is -2.26. The molecule has 0 radical (unpaired) electrons. The zero-order valence-corrected chi connectivity index (χ0v) is 11.4. The number of carbonyl (C=O) groups excluding carboxylic acids is 1. The number of nitrogens with one attached hydrogen (secondary N) is 1. The topological polar surface area (TPSA) is 78.7 Å². The number of rotatable bonds is 4. The maximum atomic E-state index is 12.2. The van der Waals surface area contributed by atoms with Crippen LogP contribution in [-0.4, -0.2) is 15.9 Å². The lowest BCUT2D eigenvalue weighted by Crippen LogP contribution is -2.28. The van der Waals surface area contributed by atoms with Crippen molar-refractivity contribution in [2.75, 3.05) is 0 Å². The molecule has 0 spiro atoms. The van der Waals surface area contributed by atoms with Crippen LogP contribution in [0.1, 0.15) is 46.7 Å². The molecule has 2 heterocycles. The van der Waals surface area contributed by atoms with Crippen LogP contribution in [0, 0.1) is 11.3 Å². The number of hydrogen-bond donors (Lipinski definition) is 1. The predicted octanol–water partition coefficient (Wildman–Crippen LogP) is 2.41. The van der Waals surface area contributed by atoms with Gasteiger partial charge >= 0.3 is 0 Å². The van der Waals surface area contributed by atoms with Crippen LogP contribution in [0.25, 0.3) is 0 Å². The molecule has 1 aliphatic carbocycles. The van der Waals surface area contributed by atoms with Gasteiger partial charge < -0.3 is 5.32 Å². The second-order valence-corrected chi connectivity index (χ2v) is 5.45. The maximum absolute atomic E-state index is 12.2. The third-order valence-electron chi connectivity index (χ3n) is 3.13. The molecule has 6 heteroatoms. The third kappa shape index (κ3) is 2.68. The molecule has 20 heavy (non-hydrogen) atoms. The van der Waals surface area contributed by atoms with Crippen molar-refractivity contribution in [1.82, 2.24) is 15.3 Å². The highest BCUT2D eigenvalue weighted by Crippen LogP contribution is 2.37. The quantitative estimate of drug-likeness (QED) is 0.935. The van der Waals surface area contributed by atoms with Crippen LogP contribution in [0.5, 0.6) is 0 Å². The van der Waals surface area contributed by atoms with Gasteiger partial charge in [0, 0.05) is 12.1 Å². The molecular weight excluding hydrogens is 272 g/mol. The number of nitrogens with zero attached hydrogens (tertiary/aromatic N) is 3. The van der Waals surface area contributed by atoms with E-state index in [-0.39, 0.29) is 5.91 Å². The average molecular weight is 284 g/mol. The summed E-state index contributed by atoms with van der Waals surface area (Å²) in [5.74, 6) is 0.778. The normalized spacial score (nSPS) is 15.3. The van der Waals surface area contributed by atoms with Crippen LogP contribution in [0.4, 0.5) is 0 Å². The summed E-state index contributed by atoms with van der Waals surface area (Å²) in [6.45, 7) is 0. The molecule has 1 fully saturated rings. The highest BCUT2D eigenvalue weighted by molar-refractivity contribution is 7.08. The van der Waals surface area contributed by atoms with Crippen LogP contribution in [0.3, 0.4) is 0 Å². The zero-order valence-electron chi connectivity index (χ0n) is 10.6. The van der Waals surface area contributed by atoms with Gasteiger partial charge in [0.15, 0.2) is 0 Å². The van der Waals surface area contributed by atoms with Crippen molar-refractivity contribution >= 4 is 17.2 Å². The van der Waals surface area contributed by atoms with Crippen molar-refractivity contribution < 1.29 is 4.79 Å². The molecule has 0 saturated heterocycles. The fourth-order valence-electron chi connectivity index (χ4n) is 1.87. The molecule has 1 N–H and O–H groups in total. The average Bonchev–Trinajstić information content (AvgIpc) is 3.20. The van der Waals surface area contributed by atoms with Gasteiger partial charge in [-0.2, -0.15) is 16.6 Å². The fourth-order valence-corrected chi connectivity index (χ4v) is 2.56. The zero-order chi connectivity index (χ0) is 13.9. The lowest BCUT2D eigenvalue weighted by Gasteiger charge is -2.10. The molecule has 2 aromatic rings. The summed E-state index contributed by atoms with van der Waals surface area (Å²) in [5.41, 5.74) is 1.11. The summed E-state index contributed by atoms with van der Waals surface area (Å²) in [4.78, 5) is 20.6. The first kappa shape index (κ1) is 12.8. The van der Waals surface area contributed by atoms with E-state index in [9.17, 15) is 4.79 Å². The molecule has 0 aliphatic heterocycles. The summed E-state index contributed by atoms with van der Waals surface area (Å²) in [6, 6.07) is 4.84. The van der Waals surface area contributed by atoms with Gasteiger partial charge in [-0.3, -0.25) is 4.79 Å². The van der Waals surface area contributed by atoms with Gasteiger partial charge in [0.1, 0.15) is 17.6 Å². The van der Waals surface area contributed by atoms with Gasteiger partial charge in [-0.25, -0.2) is 9.97 Å². The van der Waals surface area contributed by atoms with Gasteiger partial charge in [0.05, 0.1) is 6.07 Å². The lowest BCUT2D eigenvalue weighted by molar-refractivity contribution is 0.0939. The van der Waals surface area contributed by atoms with Crippen molar-refractivity contribution in [3.05, 3.63) is 46.2 Å². The lowest BCUT2D eigenvalue weighted by atomic mass is 10.1. The molecule has 1 atom stereocenters. The van der Waals surface area contributed by atoms with E-state index in [1.54, 1.807) is 12.3 Å². The van der Waals surface area contributed by atoms with Crippen LogP contribution in [0.15, 0.2) is 29.1 Å². The van der Waals surface area contributed by atoms with Gasteiger partial charge in [0.2, 0.25) is 0 Å². The Morgan fingerprint density at radius 3 is 3.00 bits per heavy atom. The largest absolute Gasteiger partial charge is 0.331 e. The van der Waals surface area contributed by atoms with Gasteiger partial charge in [-0.1, -0.05) is 0 Å². The molecule has 0 unspecified atom stereocenters. The molecule has 5 nitrogen and oxygen atoms in total. The number of aromatic nitrogens is 2. The van der Waals surface area contributed by atoms with E-state index in [4.69, 9.17) is 5.26 Å². The van der Waals surface area contributed by atoms with Crippen molar-refractivity contribution in [3.8, 4) is 6.07 Å². The molecular formula is C14H12N4OS. The third-order valence-corrected chi connectivity index (χ3v) is 3.83. The highest BCUT2D eigenvalue weighted by Gasteiger charge is 2.27. The van der Waals surface area contributed by atoms with Crippen LogP contribution in [0.2, 0.25) is 0 Å². The van der Waals surface area contributed by atoms with E-state index in [1.807, 2.05) is 16.8 Å². The Labute approximate surface area is 120 Å². The smallest absolute Gasteiger partial charge is 0.271 e. The van der Waals surface area contributed by atoms with E-state index < -0.39 is 6.04 Å². The van der Waals surface area contributed by atoms with E-state index in [0.717, 1.165) is 24.2 Å². The minimum absolute atomic E-state index is 0.317. The summed E-state index contributed by atoms with van der Waals surface area (Å²) in [6.07, 6.45) is 3.77. The maximum Gasteiger partial charge on any atom is 0.271 e. The Bertz CT molecular complexity index is 658. The standard InChI is InChI=1S/C14H12N4OS/c15-7-12(10-4-6-20-8-10)18-14(19)11-3-5-16-13(17-11)9-1-2-9/h3-6,8-9,12H,1-2H2,(H,18,19)/t12-/m0/s1. The second kappa shape index (κ2) is 5.39. The molecule has 100 valence electrons. The molecule has 0 bridgehead atoms. The first-order valence-electron chi connectivity index (χ1n) is 6.33. The van der Waals surface area contributed by atoms with Crippen molar-refractivity contribution in [2.45, 2.75) is 24.8 Å². The molecule has 2 aromatic heterocycles. The first-order chi connectivity index (χ1) is 9.78. The minimum Gasteiger partial charge on any atom is -0.331 e. The molecule has 1 amide bonds. The Kier molecular flexibility index (Phi) is 3.44. The van der Waals surface area contributed by atoms with Crippen LogP contribution in [-0.2, 0) is 0 Å². The Morgan fingerprint density at radius 1 is 1.50 bits per heavy atom. The Balaban J connectivity index is 1.75. The van der Waals surface area contributed by atoms with E-state index >= 15 is 0 Å². The number of hydrogen-bond acceptors (Lipinski definition) is 5. The number of amides is 1. The van der Waals surface area contributed by atoms with Crippen molar-refractivity contribution in [2.24, 2.45) is 0 Å². The SMILES string of the molecule is N#C[C@H](NC(=O)c1ccnc(C2CC2)n1)c1ccsc1. The van der Waals surface area contributed by atoms with Gasteiger partial charge in [-0.05, 0) is 41.3 Å². The van der Waals surface area contributed by atoms with E-state index in [1.165, 1.54) is 11.3 Å². The molecule has 1 aliphatic rings. The number of thiophene rings is 1. The molecule has 3 rings (SSSR count). The van der Waals surface area contributed by atoms with Gasteiger partial charge in [-0.15, -0.1) is 0 Å². The summed E-state index contributed by atoms with van der Waals surface area (Å²) < 4.78 is 0. The highest BCUT2D eigenvalue weighted by atomic mass is 32.1. The second-order valence-electron chi connectivity index (χ2n) is 4.67. The van der Waals surface area contributed by atoms with Crippen molar-refractivity contribution in [3.63, 3.8) is 0 Å². The molecule has 0 aromatic carbocycles. The Morgan fingerprint density at radius 2 is 2.35 bits per heavy atom. The number of nitriles is 1. The number of carbonyl (C=O) groups is 1. The summed E-state index contributed by atoms with van der Waals surface area (Å²) in [5, 5.41) is 15.6. The van der Waals surface area contributed by atoms with Gasteiger partial charge in [0.25, 0.3) is 5.91 Å². The minimum atomic E-state index is -0.645. The first-order valence-corrected chi connectivity index (χ1v) is 7.27. The predicted molar refractivity (Wildman–Crippen MR) is 74.1 cm³/mol. The summed E-state index contributed by atoms with van der Waals surface area (Å²) >= 11 is 1.49. The fraction of sp³-hybridized carbons (Fsp3) is 0.286. The van der Waals surface area contributed by atoms with E-state index in [0.29, 0.717) is 11.6 Å². The van der Waals surface area contributed by atoms with Crippen LogP contribution >= 0.6 is 11.3 Å².